The van der Waals surface area contributed by atoms with Gasteiger partial charge in [0.05, 0.1) is 13.2 Å². The Bertz CT molecular complexity index is 1070. The molecule has 2 heterocycles. The van der Waals surface area contributed by atoms with Crippen LogP contribution in [0.25, 0.3) is 0 Å². The van der Waals surface area contributed by atoms with Crippen molar-refractivity contribution >= 4 is 58.2 Å². The van der Waals surface area contributed by atoms with Crippen molar-refractivity contribution in [2.75, 3.05) is 13.2 Å². The molecule has 0 spiro atoms. The quantitative estimate of drug-likeness (QED) is 0.138. The average molecular weight is 848 g/mol. The van der Waals surface area contributed by atoms with E-state index in [1.165, 1.54) is 0 Å². The van der Waals surface area contributed by atoms with Gasteiger partial charge in [-0.3, -0.25) is 0 Å². The number of hydrogen-bond donors (Lipinski definition) is 1. The molecule has 0 aromatic carbocycles. The largest absolute Gasteiger partial charge is 0.415 e. The van der Waals surface area contributed by atoms with E-state index in [9.17, 15) is 5.11 Å². The fraction of sp³-hybridized carbons (Fsp3) is 1.00. The molecule has 2 aliphatic rings. The molecule has 0 aromatic heterocycles. The van der Waals surface area contributed by atoms with Crippen LogP contribution < -0.4 is 0 Å². The van der Waals surface area contributed by atoms with E-state index in [0.29, 0.717) is 6.61 Å². The Hall–Kier alpha value is 1.08. The molecule has 2 aliphatic heterocycles. The molecule has 11 nitrogen and oxygen atoms in total. The minimum Gasteiger partial charge on any atom is -0.415 e. The summed E-state index contributed by atoms with van der Waals surface area (Å²) in [5.74, 6) is 0. The summed E-state index contributed by atoms with van der Waals surface area (Å²) in [5, 5.41) is 11.5. The van der Waals surface area contributed by atoms with Gasteiger partial charge in [-0.05, 0) is 137 Å². The molecule has 0 unspecified atom stereocenters. The highest BCUT2D eigenvalue weighted by Gasteiger charge is 2.56. The molecule has 18 heteroatoms. The summed E-state index contributed by atoms with van der Waals surface area (Å²) in [6.45, 7) is 45.9. The van der Waals surface area contributed by atoms with E-state index in [1.54, 1.807) is 0 Å². The lowest BCUT2D eigenvalue weighted by molar-refractivity contribution is -0.346. The first-order valence-corrected chi connectivity index (χ1v) is 42.7. The first-order valence-electron chi connectivity index (χ1n) is 18.8. The van der Waals surface area contributed by atoms with Crippen LogP contribution in [0.3, 0.4) is 0 Å². The van der Waals surface area contributed by atoms with Crippen molar-refractivity contribution in [2.24, 2.45) is 0 Å². The molecule has 0 aromatic rings. The molecular formula is C33H78O11Si7. The second-order valence-corrected chi connectivity index (χ2v) is 52.4. The van der Waals surface area contributed by atoms with Crippen LogP contribution in [0, 0.1) is 0 Å². The van der Waals surface area contributed by atoms with Gasteiger partial charge in [-0.15, -0.1) is 0 Å². The standard InChI is InChI=1S/C33H78O11Si7/c1-45(2,3)35-22-24-26(28(41-48(10,11)12)30(32(34)37-24)43-50(16,17)18)39-33-31(44-51(19,20)21)29(42-49(13,14)15)27(40-47(7,8)9)25(38-33)23-36-46(4,5)6/h24-34H,22-23H2,1-21H3/t24-,25-,26-,27-,28+,29+,30-,31-,32+,33+/m1/s1. The van der Waals surface area contributed by atoms with Crippen LogP contribution in [0.15, 0.2) is 0 Å². The first-order chi connectivity index (χ1) is 22.5. The smallest absolute Gasteiger partial charge is 0.186 e. The third-order valence-corrected chi connectivity index (χ3v) is 14.3. The summed E-state index contributed by atoms with van der Waals surface area (Å²) in [5.41, 5.74) is 0. The number of rotatable bonds is 18. The molecule has 2 rings (SSSR count). The minimum atomic E-state index is -2.23. The molecule has 1 N–H and O–H groups in total. The lowest BCUT2D eigenvalue weighted by atomic mass is 9.97. The van der Waals surface area contributed by atoms with Gasteiger partial charge in [-0.2, -0.15) is 0 Å². The zero-order chi connectivity index (χ0) is 39.8. The highest BCUT2D eigenvalue weighted by atomic mass is 28.4. The fourth-order valence-corrected chi connectivity index (χ4v) is 12.6. The van der Waals surface area contributed by atoms with Gasteiger partial charge in [0.2, 0.25) is 0 Å². The van der Waals surface area contributed by atoms with Crippen molar-refractivity contribution in [1.82, 2.24) is 0 Å². The molecule has 0 aliphatic carbocycles. The molecule has 2 fully saturated rings. The van der Waals surface area contributed by atoms with E-state index >= 15 is 0 Å². The topological polar surface area (TPSA) is 113 Å². The fourth-order valence-electron chi connectivity index (χ4n) is 5.84. The maximum Gasteiger partial charge on any atom is 0.186 e. The van der Waals surface area contributed by atoms with Crippen LogP contribution in [0.1, 0.15) is 0 Å². The summed E-state index contributed by atoms with van der Waals surface area (Å²) in [6.07, 6.45) is -6.86. The van der Waals surface area contributed by atoms with Crippen LogP contribution in [-0.4, -0.2) is 138 Å². The molecule has 0 radical (unpaired) electrons. The lowest BCUT2D eigenvalue weighted by Crippen LogP contribution is -2.69. The van der Waals surface area contributed by atoms with E-state index in [2.05, 4.69) is 137 Å². The van der Waals surface area contributed by atoms with Crippen LogP contribution in [0.4, 0.5) is 0 Å². The van der Waals surface area contributed by atoms with Crippen molar-refractivity contribution in [3.8, 4) is 0 Å². The van der Waals surface area contributed by atoms with Crippen molar-refractivity contribution in [2.45, 2.75) is 199 Å². The van der Waals surface area contributed by atoms with Crippen LogP contribution in [0.2, 0.25) is 137 Å². The molecule has 304 valence electrons. The number of hydrogen-bond acceptors (Lipinski definition) is 11. The minimum absolute atomic E-state index is 0.229. The number of aliphatic hydroxyl groups excluding tert-OH is 1. The lowest BCUT2D eigenvalue weighted by Gasteiger charge is -2.53. The van der Waals surface area contributed by atoms with Gasteiger partial charge in [0.25, 0.3) is 0 Å². The average Bonchev–Trinajstić information content (AvgIpc) is 2.84. The number of ether oxygens (including phenoxy) is 3. The van der Waals surface area contributed by atoms with Gasteiger partial charge >= 0.3 is 0 Å². The summed E-state index contributed by atoms with van der Waals surface area (Å²) in [6, 6.07) is 0. The Labute approximate surface area is 319 Å². The second-order valence-electron chi connectivity index (χ2n) is 21.0. The third kappa shape index (κ3) is 18.3. The Kier molecular flexibility index (Phi) is 16.7. The van der Waals surface area contributed by atoms with Crippen LogP contribution in [-0.2, 0) is 45.2 Å². The van der Waals surface area contributed by atoms with Crippen molar-refractivity contribution in [1.29, 1.82) is 0 Å². The van der Waals surface area contributed by atoms with E-state index in [1.807, 2.05) is 0 Å². The van der Waals surface area contributed by atoms with E-state index < -0.39 is 120 Å². The number of aliphatic hydroxyl groups is 1. The maximum absolute atomic E-state index is 11.5. The Morgan fingerprint density at radius 2 is 0.686 bits per heavy atom. The van der Waals surface area contributed by atoms with Gasteiger partial charge in [-0.25, -0.2) is 0 Å². The van der Waals surface area contributed by atoms with Gasteiger partial charge in [0, 0.05) is 0 Å². The Morgan fingerprint density at radius 3 is 1.06 bits per heavy atom. The molecule has 0 amide bonds. The predicted molar refractivity (Wildman–Crippen MR) is 224 cm³/mol. The van der Waals surface area contributed by atoms with Crippen molar-refractivity contribution < 1.29 is 50.3 Å². The monoisotopic (exact) mass is 846 g/mol. The zero-order valence-electron chi connectivity index (χ0n) is 36.2. The van der Waals surface area contributed by atoms with Crippen LogP contribution >= 0.6 is 0 Å². The second kappa shape index (κ2) is 17.7. The normalized spacial score (nSPS) is 32.4. The van der Waals surface area contributed by atoms with Crippen molar-refractivity contribution in [3.63, 3.8) is 0 Å². The summed E-state index contributed by atoms with van der Waals surface area (Å²) >= 11 is 0. The maximum atomic E-state index is 11.5. The van der Waals surface area contributed by atoms with Crippen LogP contribution in [0.5, 0.6) is 0 Å². The highest BCUT2D eigenvalue weighted by molar-refractivity contribution is 6.72. The molecule has 10 atom stereocenters. The highest BCUT2D eigenvalue weighted by Crippen LogP contribution is 2.38. The summed E-state index contributed by atoms with van der Waals surface area (Å²) in [7, 11) is -14.9. The third-order valence-electron chi connectivity index (χ3n) is 7.30. The molecule has 2 saturated heterocycles. The molecule has 0 saturated carbocycles. The first kappa shape index (κ1) is 48.2. The predicted octanol–water partition coefficient (Wildman–Crippen LogP) is 7.62. The van der Waals surface area contributed by atoms with Gasteiger partial charge in [0.15, 0.2) is 70.8 Å². The molecule has 51 heavy (non-hydrogen) atoms. The van der Waals surface area contributed by atoms with E-state index in [0.717, 1.165) is 0 Å². The summed E-state index contributed by atoms with van der Waals surface area (Å²) < 4.78 is 68.5. The van der Waals surface area contributed by atoms with E-state index in [-0.39, 0.29) is 6.61 Å². The summed E-state index contributed by atoms with van der Waals surface area (Å²) in [4.78, 5) is 0. The Morgan fingerprint density at radius 1 is 0.373 bits per heavy atom. The van der Waals surface area contributed by atoms with Crippen molar-refractivity contribution in [3.05, 3.63) is 0 Å². The van der Waals surface area contributed by atoms with Gasteiger partial charge < -0.3 is 50.3 Å². The Balaban J connectivity index is 2.83. The van der Waals surface area contributed by atoms with Gasteiger partial charge in [0.1, 0.15) is 48.8 Å². The molecule has 0 bridgehead atoms. The zero-order valence-corrected chi connectivity index (χ0v) is 43.2. The van der Waals surface area contributed by atoms with Gasteiger partial charge in [-0.1, -0.05) is 0 Å². The van der Waals surface area contributed by atoms with E-state index in [4.69, 9.17) is 45.2 Å². The SMILES string of the molecule is C[Si](C)(C)OC[C@H]1O[C@H](O)[C@H](O[Si](C)(C)C)[C@@H](O[Si](C)(C)C)[C@@H]1O[C@@H]1O[C@H](CO[Si](C)(C)C)[C@@H](O[Si](C)(C)C)[C@H](O[Si](C)(C)C)[C@H]1O[Si](C)(C)C. The molecular weight excluding hydrogens is 769 g/mol.